The summed E-state index contributed by atoms with van der Waals surface area (Å²) < 4.78 is 72.9. The van der Waals surface area contributed by atoms with Crippen LogP contribution in [0.4, 0.5) is 26.3 Å². The fourth-order valence-corrected chi connectivity index (χ4v) is 1.21. The summed E-state index contributed by atoms with van der Waals surface area (Å²) in [6, 6.07) is 0. The van der Waals surface area contributed by atoms with E-state index in [2.05, 4.69) is 0 Å². The van der Waals surface area contributed by atoms with Crippen LogP contribution in [0.15, 0.2) is 0 Å². The molecule has 0 aromatic carbocycles. The molecule has 0 aromatic rings. The molecule has 0 bridgehead atoms. The molecule has 0 aliphatic rings. The summed E-state index contributed by atoms with van der Waals surface area (Å²) in [6.45, 7) is 1.79. The lowest BCUT2D eigenvalue weighted by atomic mass is 9.81. The van der Waals surface area contributed by atoms with Gasteiger partial charge >= 0.3 is 12.4 Å². The van der Waals surface area contributed by atoms with Crippen LogP contribution in [-0.2, 0) is 0 Å². The van der Waals surface area contributed by atoms with Crippen molar-refractivity contribution >= 4 is 0 Å². The summed E-state index contributed by atoms with van der Waals surface area (Å²) in [5.41, 5.74) is -3.54. The molecule has 0 nitrogen and oxygen atoms in total. The molecule has 0 saturated heterocycles. The first kappa shape index (κ1) is 12.6. The van der Waals surface area contributed by atoms with Gasteiger partial charge in [0.05, 0.1) is 0 Å². The second-order valence-corrected chi connectivity index (χ2v) is 2.78. The summed E-state index contributed by atoms with van der Waals surface area (Å²) >= 11 is 0. The van der Waals surface area contributed by atoms with Gasteiger partial charge in [-0.1, -0.05) is 13.8 Å². The number of halogens is 6. The monoisotopic (exact) mass is 208 g/mol. The van der Waals surface area contributed by atoms with Crippen molar-refractivity contribution in [2.75, 3.05) is 0 Å². The van der Waals surface area contributed by atoms with Crippen molar-refractivity contribution in [1.82, 2.24) is 0 Å². The fraction of sp³-hybridized carbons (Fsp3) is 1.00. The molecule has 0 fully saturated rings. The van der Waals surface area contributed by atoms with Crippen molar-refractivity contribution in [1.29, 1.82) is 0 Å². The molecular weight excluding hydrogens is 198 g/mol. The van der Waals surface area contributed by atoms with Crippen molar-refractivity contribution in [3.05, 3.63) is 0 Å². The smallest absolute Gasteiger partial charge is 0.170 e. The van der Waals surface area contributed by atoms with Gasteiger partial charge in [-0.05, 0) is 12.8 Å². The van der Waals surface area contributed by atoms with Gasteiger partial charge in [-0.25, -0.2) is 0 Å². The first-order chi connectivity index (χ1) is 5.62. The molecule has 0 radical (unpaired) electrons. The van der Waals surface area contributed by atoms with E-state index < -0.39 is 30.6 Å². The maximum atomic E-state index is 12.2. The second-order valence-electron chi connectivity index (χ2n) is 2.78. The highest BCUT2D eigenvalue weighted by Gasteiger charge is 2.68. The molecule has 80 valence electrons. The lowest BCUT2D eigenvalue weighted by Gasteiger charge is -2.35. The first-order valence-corrected chi connectivity index (χ1v) is 3.76. The summed E-state index contributed by atoms with van der Waals surface area (Å²) in [7, 11) is 0. The molecule has 0 amide bonds. The minimum absolute atomic E-state index is 0.893. The molecule has 0 heterocycles. The number of alkyl halides is 6. The molecule has 0 N–H and O–H groups in total. The molecule has 0 aromatic heterocycles. The van der Waals surface area contributed by atoms with Gasteiger partial charge in [0, 0.05) is 0 Å². The lowest BCUT2D eigenvalue weighted by molar-refractivity contribution is -0.343. The third-order valence-corrected chi connectivity index (χ3v) is 2.29. The summed E-state index contributed by atoms with van der Waals surface area (Å²) in [5.74, 6) is 0. The first-order valence-electron chi connectivity index (χ1n) is 3.76. The Morgan fingerprint density at radius 1 is 0.692 bits per heavy atom. The molecule has 0 aliphatic carbocycles. The van der Waals surface area contributed by atoms with Gasteiger partial charge in [0.2, 0.25) is 0 Å². The Kier molecular flexibility index (Phi) is 3.27. The average molecular weight is 208 g/mol. The maximum absolute atomic E-state index is 12.2. The van der Waals surface area contributed by atoms with Gasteiger partial charge in [0.1, 0.15) is 0 Å². The van der Waals surface area contributed by atoms with Crippen LogP contribution in [-0.4, -0.2) is 12.4 Å². The third kappa shape index (κ3) is 1.91. The van der Waals surface area contributed by atoms with Gasteiger partial charge in [0.15, 0.2) is 5.41 Å². The van der Waals surface area contributed by atoms with Gasteiger partial charge in [-0.15, -0.1) is 0 Å². The minimum Gasteiger partial charge on any atom is -0.170 e. The molecule has 0 unspecified atom stereocenters. The maximum Gasteiger partial charge on any atom is 0.403 e. The lowest BCUT2D eigenvalue weighted by Crippen LogP contribution is -2.49. The Morgan fingerprint density at radius 3 is 0.923 bits per heavy atom. The van der Waals surface area contributed by atoms with Crippen LogP contribution in [0.5, 0.6) is 0 Å². The highest BCUT2D eigenvalue weighted by atomic mass is 19.4. The van der Waals surface area contributed by atoms with E-state index in [0.717, 1.165) is 13.8 Å². The predicted molar refractivity (Wildman–Crippen MR) is 35.1 cm³/mol. The van der Waals surface area contributed by atoms with Gasteiger partial charge in [0.25, 0.3) is 0 Å². The molecular formula is C7H10F6. The Balaban J connectivity index is 5.17. The van der Waals surface area contributed by atoms with E-state index >= 15 is 0 Å². The van der Waals surface area contributed by atoms with Crippen molar-refractivity contribution in [2.24, 2.45) is 5.41 Å². The van der Waals surface area contributed by atoms with E-state index in [9.17, 15) is 26.3 Å². The largest absolute Gasteiger partial charge is 0.403 e. The number of hydrogen-bond acceptors (Lipinski definition) is 0. The van der Waals surface area contributed by atoms with E-state index in [1.54, 1.807) is 0 Å². The zero-order valence-corrected chi connectivity index (χ0v) is 7.18. The topological polar surface area (TPSA) is 0 Å². The molecule has 0 rings (SSSR count). The summed E-state index contributed by atoms with van der Waals surface area (Å²) in [5, 5.41) is 0. The third-order valence-electron chi connectivity index (χ3n) is 2.29. The molecule has 0 spiro atoms. The average Bonchev–Trinajstić information content (AvgIpc) is 1.84. The normalized spacial score (nSPS) is 14.8. The van der Waals surface area contributed by atoms with Crippen LogP contribution in [0.1, 0.15) is 26.7 Å². The van der Waals surface area contributed by atoms with Crippen molar-refractivity contribution in [2.45, 2.75) is 39.0 Å². The van der Waals surface area contributed by atoms with E-state index in [1.165, 1.54) is 0 Å². The quantitative estimate of drug-likeness (QED) is 0.603. The SMILES string of the molecule is CCC(CC)(C(F)(F)F)C(F)(F)F. The van der Waals surface area contributed by atoms with Crippen LogP contribution in [0, 0.1) is 5.41 Å². The van der Waals surface area contributed by atoms with Gasteiger partial charge in [-0.3, -0.25) is 0 Å². The summed E-state index contributed by atoms with van der Waals surface area (Å²) in [6.07, 6.45) is -12.4. The number of hydrogen-bond donors (Lipinski definition) is 0. The molecule has 6 heteroatoms. The molecule has 13 heavy (non-hydrogen) atoms. The Morgan fingerprint density at radius 2 is 0.923 bits per heavy atom. The van der Waals surface area contributed by atoms with E-state index in [-0.39, 0.29) is 0 Å². The van der Waals surface area contributed by atoms with E-state index in [1.807, 2.05) is 0 Å². The van der Waals surface area contributed by atoms with Gasteiger partial charge in [-0.2, -0.15) is 26.3 Å². The van der Waals surface area contributed by atoms with Crippen LogP contribution in [0.2, 0.25) is 0 Å². The van der Waals surface area contributed by atoms with E-state index in [0.29, 0.717) is 0 Å². The molecule has 0 aliphatic heterocycles. The minimum atomic E-state index is -5.23. The summed E-state index contributed by atoms with van der Waals surface area (Å²) in [4.78, 5) is 0. The second kappa shape index (κ2) is 3.38. The van der Waals surface area contributed by atoms with Crippen molar-refractivity contribution in [3.8, 4) is 0 Å². The highest BCUT2D eigenvalue weighted by molar-refractivity contribution is 4.90. The van der Waals surface area contributed by atoms with Gasteiger partial charge < -0.3 is 0 Å². The zero-order chi connectivity index (χ0) is 10.9. The number of rotatable bonds is 2. The molecule has 0 saturated carbocycles. The Bertz CT molecular complexity index is 145. The highest BCUT2D eigenvalue weighted by Crippen LogP contribution is 2.54. The molecule has 0 atom stereocenters. The van der Waals surface area contributed by atoms with Crippen LogP contribution in [0.3, 0.4) is 0 Å². The van der Waals surface area contributed by atoms with Crippen LogP contribution in [0.25, 0.3) is 0 Å². The van der Waals surface area contributed by atoms with Crippen LogP contribution < -0.4 is 0 Å². The predicted octanol–water partition coefficient (Wildman–Crippen LogP) is 3.92. The fourth-order valence-electron chi connectivity index (χ4n) is 1.21. The van der Waals surface area contributed by atoms with Crippen molar-refractivity contribution < 1.29 is 26.3 Å². The van der Waals surface area contributed by atoms with Crippen LogP contribution >= 0.6 is 0 Å². The Hall–Kier alpha value is -0.420. The Labute approximate surface area is 71.9 Å². The zero-order valence-electron chi connectivity index (χ0n) is 7.18. The standard InChI is InChI=1S/C7H10F6/c1-3-5(4-2,6(8,9)10)7(11,12)13/h3-4H2,1-2H3. The van der Waals surface area contributed by atoms with E-state index in [4.69, 9.17) is 0 Å². The van der Waals surface area contributed by atoms with Crippen molar-refractivity contribution in [3.63, 3.8) is 0 Å².